The highest BCUT2D eigenvalue weighted by Gasteiger charge is 2.49. The van der Waals surface area contributed by atoms with Gasteiger partial charge in [0.2, 0.25) is 0 Å². The fourth-order valence-electron chi connectivity index (χ4n) is 1.89. The predicted molar refractivity (Wildman–Crippen MR) is 59.8 cm³/mol. The normalized spacial score (nSPS) is 14.8. The van der Waals surface area contributed by atoms with Crippen molar-refractivity contribution < 1.29 is 27.1 Å². The Labute approximate surface area is 107 Å². The molecule has 1 aromatic carbocycles. The van der Waals surface area contributed by atoms with Crippen molar-refractivity contribution in [3.05, 3.63) is 35.6 Å². The lowest BCUT2D eigenvalue weighted by molar-refractivity contribution is -0.169. The van der Waals surface area contributed by atoms with Crippen LogP contribution in [0.15, 0.2) is 24.3 Å². The first kappa shape index (κ1) is 15.4. The molecule has 19 heavy (non-hydrogen) atoms. The molecule has 106 valence electrons. The molecule has 7 heteroatoms. The molecule has 0 bridgehead atoms. The van der Waals surface area contributed by atoms with Gasteiger partial charge in [-0.1, -0.05) is 12.1 Å². The molecule has 0 aromatic heterocycles. The average molecular weight is 279 g/mol. The number of halogens is 4. The highest BCUT2D eigenvalue weighted by atomic mass is 19.4. The minimum Gasteiger partial charge on any atom is -0.468 e. The molecule has 0 amide bonds. The maximum Gasteiger partial charge on any atom is 0.390 e. The summed E-state index contributed by atoms with van der Waals surface area (Å²) < 4.78 is 55.6. The van der Waals surface area contributed by atoms with Crippen molar-refractivity contribution in [2.24, 2.45) is 5.73 Å². The van der Waals surface area contributed by atoms with E-state index in [1.807, 2.05) is 0 Å². The van der Waals surface area contributed by atoms with Gasteiger partial charge in [-0.15, -0.1) is 0 Å². The SMILES string of the molecule is COC(=O)C(CN)(CC(F)(F)F)c1cccc(F)c1. The number of rotatable bonds is 4. The summed E-state index contributed by atoms with van der Waals surface area (Å²) in [4.78, 5) is 11.7. The van der Waals surface area contributed by atoms with Crippen molar-refractivity contribution >= 4 is 5.97 Å². The summed E-state index contributed by atoms with van der Waals surface area (Å²) in [5.74, 6) is -1.89. The fraction of sp³-hybridized carbons (Fsp3) is 0.417. The van der Waals surface area contributed by atoms with E-state index in [9.17, 15) is 22.4 Å². The molecule has 0 spiro atoms. The molecule has 0 aliphatic rings. The van der Waals surface area contributed by atoms with Gasteiger partial charge < -0.3 is 10.5 Å². The van der Waals surface area contributed by atoms with Crippen molar-refractivity contribution in [1.82, 2.24) is 0 Å². The summed E-state index contributed by atoms with van der Waals surface area (Å²) in [7, 11) is 0.961. The Balaban J connectivity index is 3.36. The van der Waals surface area contributed by atoms with E-state index in [1.54, 1.807) is 0 Å². The number of carbonyl (C=O) groups excluding carboxylic acids is 1. The molecule has 0 radical (unpaired) electrons. The van der Waals surface area contributed by atoms with E-state index >= 15 is 0 Å². The lowest BCUT2D eigenvalue weighted by Crippen LogP contribution is -2.47. The van der Waals surface area contributed by atoms with Crippen molar-refractivity contribution in [2.75, 3.05) is 13.7 Å². The molecule has 0 saturated heterocycles. The highest BCUT2D eigenvalue weighted by Crippen LogP contribution is 2.37. The van der Waals surface area contributed by atoms with Crippen LogP contribution in [0.3, 0.4) is 0 Å². The van der Waals surface area contributed by atoms with Crippen LogP contribution < -0.4 is 5.73 Å². The van der Waals surface area contributed by atoms with Crippen LogP contribution in [0.4, 0.5) is 17.6 Å². The van der Waals surface area contributed by atoms with Gasteiger partial charge in [0, 0.05) is 6.54 Å². The van der Waals surface area contributed by atoms with Crippen LogP contribution >= 0.6 is 0 Å². The minimum atomic E-state index is -4.64. The molecule has 1 aromatic rings. The maximum atomic E-state index is 13.2. The predicted octanol–water partition coefficient (Wildman–Crippen LogP) is 2.15. The summed E-state index contributed by atoms with van der Waals surface area (Å²) in [6, 6.07) is 4.36. The molecule has 1 rings (SSSR count). The summed E-state index contributed by atoms with van der Waals surface area (Å²) in [6.07, 6.45) is -6.15. The van der Waals surface area contributed by atoms with Crippen molar-refractivity contribution in [2.45, 2.75) is 18.0 Å². The number of benzene rings is 1. The summed E-state index contributed by atoms with van der Waals surface area (Å²) in [5, 5.41) is 0. The van der Waals surface area contributed by atoms with Crippen LogP contribution in [0.25, 0.3) is 0 Å². The zero-order valence-electron chi connectivity index (χ0n) is 10.1. The minimum absolute atomic E-state index is 0.154. The second-order valence-corrected chi connectivity index (χ2v) is 4.08. The summed E-state index contributed by atoms with van der Waals surface area (Å²) >= 11 is 0. The van der Waals surface area contributed by atoms with Crippen LogP contribution in [0.1, 0.15) is 12.0 Å². The third-order valence-electron chi connectivity index (χ3n) is 2.80. The van der Waals surface area contributed by atoms with Crippen molar-refractivity contribution in [3.63, 3.8) is 0 Å². The Morgan fingerprint density at radius 1 is 1.37 bits per heavy atom. The quantitative estimate of drug-likeness (QED) is 0.678. The zero-order chi connectivity index (χ0) is 14.7. The molecule has 0 saturated carbocycles. The van der Waals surface area contributed by atoms with E-state index < -0.39 is 36.3 Å². The lowest BCUT2D eigenvalue weighted by atomic mass is 9.77. The zero-order valence-corrected chi connectivity index (χ0v) is 10.1. The van der Waals surface area contributed by atoms with Gasteiger partial charge in [0.25, 0.3) is 0 Å². The number of ether oxygens (including phenoxy) is 1. The van der Waals surface area contributed by atoms with E-state index in [4.69, 9.17) is 5.73 Å². The second-order valence-electron chi connectivity index (χ2n) is 4.08. The van der Waals surface area contributed by atoms with Gasteiger partial charge in [-0.2, -0.15) is 13.2 Å². The van der Waals surface area contributed by atoms with Gasteiger partial charge in [-0.05, 0) is 17.7 Å². The van der Waals surface area contributed by atoms with Gasteiger partial charge >= 0.3 is 12.1 Å². The van der Waals surface area contributed by atoms with Crippen LogP contribution in [0.5, 0.6) is 0 Å². The van der Waals surface area contributed by atoms with E-state index in [0.29, 0.717) is 0 Å². The number of esters is 1. The highest BCUT2D eigenvalue weighted by molar-refractivity contribution is 5.83. The lowest BCUT2D eigenvalue weighted by Gasteiger charge is -2.30. The fourth-order valence-corrected chi connectivity index (χ4v) is 1.89. The Kier molecular flexibility index (Phi) is 4.52. The number of nitrogens with two attached hydrogens (primary N) is 1. The number of carbonyl (C=O) groups is 1. The Bertz CT molecular complexity index is 461. The molecule has 1 unspecified atom stereocenters. The maximum absolute atomic E-state index is 13.2. The summed E-state index contributed by atoms with van der Waals surface area (Å²) in [6.45, 7) is -0.636. The molecule has 0 aliphatic carbocycles. The molecule has 1 atom stereocenters. The Morgan fingerprint density at radius 3 is 2.42 bits per heavy atom. The first-order valence-electron chi connectivity index (χ1n) is 5.36. The standard InChI is InChI=1S/C12H13F4NO2/c1-19-10(18)11(7-17,6-12(14,15)16)8-3-2-4-9(13)5-8/h2-5H,6-7,17H2,1H3. The van der Waals surface area contributed by atoms with Gasteiger partial charge in [0.15, 0.2) is 0 Å². The Morgan fingerprint density at radius 2 is 2.00 bits per heavy atom. The third-order valence-corrected chi connectivity index (χ3v) is 2.80. The number of hydrogen-bond acceptors (Lipinski definition) is 3. The van der Waals surface area contributed by atoms with E-state index in [1.165, 1.54) is 12.1 Å². The monoisotopic (exact) mass is 279 g/mol. The third kappa shape index (κ3) is 3.44. The topological polar surface area (TPSA) is 52.3 Å². The molecule has 0 heterocycles. The number of methoxy groups -OCH3 is 1. The molecular formula is C12H13F4NO2. The molecule has 3 nitrogen and oxygen atoms in total. The second kappa shape index (κ2) is 5.56. The first-order chi connectivity index (χ1) is 8.75. The van der Waals surface area contributed by atoms with Gasteiger partial charge in [0.1, 0.15) is 11.2 Å². The van der Waals surface area contributed by atoms with E-state index in [2.05, 4.69) is 4.74 Å². The number of hydrogen-bond donors (Lipinski definition) is 1. The van der Waals surface area contributed by atoms with Crippen LogP contribution in [0, 0.1) is 5.82 Å². The molecule has 0 aliphatic heterocycles. The molecule has 0 fully saturated rings. The number of alkyl halides is 3. The van der Waals surface area contributed by atoms with Gasteiger partial charge in [-0.25, -0.2) is 4.39 Å². The molecule has 2 N–H and O–H groups in total. The van der Waals surface area contributed by atoms with Crippen LogP contribution in [-0.2, 0) is 14.9 Å². The average Bonchev–Trinajstić information content (AvgIpc) is 2.34. The smallest absolute Gasteiger partial charge is 0.390 e. The Hall–Kier alpha value is -1.63. The van der Waals surface area contributed by atoms with Crippen LogP contribution in [0.2, 0.25) is 0 Å². The van der Waals surface area contributed by atoms with Crippen molar-refractivity contribution in [3.8, 4) is 0 Å². The van der Waals surface area contributed by atoms with E-state index in [-0.39, 0.29) is 5.56 Å². The van der Waals surface area contributed by atoms with Gasteiger partial charge in [0.05, 0.1) is 13.5 Å². The van der Waals surface area contributed by atoms with Crippen molar-refractivity contribution in [1.29, 1.82) is 0 Å². The van der Waals surface area contributed by atoms with Gasteiger partial charge in [-0.3, -0.25) is 4.79 Å². The van der Waals surface area contributed by atoms with E-state index in [0.717, 1.165) is 19.2 Å². The summed E-state index contributed by atoms with van der Waals surface area (Å²) in [5.41, 5.74) is 3.07. The molecular weight excluding hydrogens is 266 g/mol. The van der Waals surface area contributed by atoms with Crippen LogP contribution in [-0.4, -0.2) is 25.8 Å². The first-order valence-corrected chi connectivity index (χ1v) is 5.36. The largest absolute Gasteiger partial charge is 0.468 e.